The van der Waals surface area contributed by atoms with Gasteiger partial charge >= 0.3 is 0 Å². The average Bonchev–Trinajstić information content (AvgIpc) is 3.33. The molecule has 0 fully saturated rings. The minimum atomic E-state index is -0.00857. The predicted octanol–water partition coefficient (Wildman–Crippen LogP) is 8.65. The molecule has 1 amide bonds. The number of amides is 1. The molecule has 1 aromatic heterocycles. The Hall–Kier alpha value is -2.66. The molecule has 0 aliphatic heterocycles. The summed E-state index contributed by atoms with van der Waals surface area (Å²) in [7, 11) is 0. The number of hydrogen-bond acceptors (Lipinski definition) is 3. The summed E-state index contributed by atoms with van der Waals surface area (Å²) in [5.74, 6) is 0.872. The van der Waals surface area contributed by atoms with Crippen molar-refractivity contribution >= 4 is 22.9 Å². The Morgan fingerprint density at radius 2 is 1.37 bits per heavy atom. The van der Waals surface area contributed by atoms with Gasteiger partial charge in [-0.1, -0.05) is 113 Å². The van der Waals surface area contributed by atoms with Gasteiger partial charge in [-0.25, -0.2) is 0 Å². The lowest BCUT2D eigenvalue weighted by atomic mass is 10.1. The van der Waals surface area contributed by atoms with Gasteiger partial charge in [0.05, 0.1) is 17.9 Å². The van der Waals surface area contributed by atoms with Gasteiger partial charge in [0, 0.05) is 11.3 Å². The van der Waals surface area contributed by atoms with E-state index in [4.69, 9.17) is 4.74 Å². The second-order valence-corrected chi connectivity index (χ2v) is 11.5. The first-order valence-corrected chi connectivity index (χ1v) is 15.5. The summed E-state index contributed by atoms with van der Waals surface area (Å²) in [4.78, 5) is 13.8. The van der Waals surface area contributed by atoms with Crippen LogP contribution < -0.4 is 14.6 Å². The van der Waals surface area contributed by atoms with Crippen LogP contribution in [0, 0.1) is 6.92 Å². The first kappa shape index (κ1) is 29.9. The van der Waals surface area contributed by atoms with Crippen molar-refractivity contribution in [3.05, 3.63) is 76.2 Å². The van der Waals surface area contributed by atoms with Gasteiger partial charge in [0.1, 0.15) is 5.75 Å². The molecule has 5 heteroatoms. The molecule has 3 rings (SSSR count). The van der Waals surface area contributed by atoms with Crippen molar-refractivity contribution in [1.29, 1.82) is 0 Å². The molecule has 0 spiro atoms. The molecule has 0 bridgehead atoms. The Kier molecular flexibility index (Phi) is 14.0. The van der Waals surface area contributed by atoms with Crippen LogP contribution >= 0.6 is 11.3 Å². The maximum absolute atomic E-state index is 12.5. The summed E-state index contributed by atoms with van der Waals surface area (Å²) >= 11 is 1.75. The van der Waals surface area contributed by atoms with Gasteiger partial charge in [-0.3, -0.25) is 4.79 Å². The van der Waals surface area contributed by atoms with E-state index in [1.165, 1.54) is 81.1 Å². The van der Waals surface area contributed by atoms with Crippen molar-refractivity contribution < 1.29 is 14.1 Å². The molecule has 3 aromatic rings. The number of carbonyl (C=O) groups excluding carboxylic acids is 1. The summed E-state index contributed by atoms with van der Waals surface area (Å²) in [6.45, 7) is 5.99. The number of hydrogen-bond donors (Lipinski definition) is 1. The number of ether oxygens (including phenoxy) is 1. The number of nitrogens with one attached hydrogen (secondary N) is 1. The molecule has 4 nitrogen and oxygen atoms in total. The number of carbonyl (C=O) groups is 1. The smallest absolute Gasteiger partial charge is 0.228 e. The number of rotatable bonds is 19. The zero-order valence-corrected chi connectivity index (χ0v) is 24.4. The van der Waals surface area contributed by atoms with Gasteiger partial charge in [0.25, 0.3) is 0 Å². The second-order valence-electron chi connectivity index (χ2n) is 10.4. The van der Waals surface area contributed by atoms with E-state index >= 15 is 0 Å². The fourth-order valence-corrected chi connectivity index (χ4v) is 5.29. The first-order chi connectivity index (χ1) is 18.6. The summed E-state index contributed by atoms with van der Waals surface area (Å²) in [6.07, 6.45) is 18.7. The van der Waals surface area contributed by atoms with Crippen LogP contribution in [-0.2, 0) is 17.8 Å². The molecular weight excluding hydrogens is 488 g/mol. The molecular formula is C33H47N2O2S+. The number of nitrogens with zero attached hydrogens (tertiary/aromatic N) is 1. The third kappa shape index (κ3) is 12.3. The third-order valence-corrected chi connectivity index (χ3v) is 7.73. The molecule has 206 valence electrons. The van der Waals surface area contributed by atoms with E-state index in [9.17, 15) is 4.79 Å². The normalized spacial score (nSPS) is 11.0. The Bertz CT molecular complexity index is 1040. The first-order valence-electron chi connectivity index (χ1n) is 14.7. The topological polar surface area (TPSA) is 42.2 Å². The van der Waals surface area contributed by atoms with Crippen LogP contribution in [0.5, 0.6) is 5.75 Å². The Morgan fingerprint density at radius 3 is 1.95 bits per heavy atom. The van der Waals surface area contributed by atoms with Gasteiger partial charge < -0.3 is 10.1 Å². The van der Waals surface area contributed by atoms with Crippen LogP contribution in [0.2, 0.25) is 0 Å². The summed E-state index contributed by atoms with van der Waals surface area (Å²) in [5, 5.41) is 3.01. The molecule has 0 aliphatic carbocycles. The second kappa shape index (κ2) is 17.8. The van der Waals surface area contributed by atoms with Gasteiger partial charge in [0.2, 0.25) is 11.4 Å². The van der Waals surface area contributed by atoms with E-state index in [2.05, 4.69) is 47.6 Å². The minimum Gasteiger partial charge on any atom is -0.494 e. The van der Waals surface area contributed by atoms with Gasteiger partial charge in [-0.05, 0) is 43.2 Å². The number of unbranched alkanes of at least 4 members (excludes halogenated alkanes) is 11. The molecule has 0 unspecified atom stereocenters. The number of anilines is 1. The lowest BCUT2D eigenvalue weighted by molar-refractivity contribution is -0.683. The molecule has 0 saturated heterocycles. The number of aromatic nitrogens is 1. The quantitative estimate of drug-likeness (QED) is 0.123. The Labute approximate surface area is 234 Å². The van der Waals surface area contributed by atoms with E-state index in [1.54, 1.807) is 11.3 Å². The van der Waals surface area contributed by atoms with Crippen LogP contribution in [0.4, 0.5) is 5.69 Å². The molecule has 38 heavy (non-hydrogen) atoms. The van der Waals surface area contributed by atoms with Gasteiger partial charge in [0.15, 0.2) is 12.7 Å². The zero-order valence-electron chi connectivity index (χ0n) is 23.6. The molecule has 2 aromatic carbocycles. The average molecular weight is 536 g/mol. The summed E-state index contributed by atoms with van der Waals surface area (Å²) in [5.41, 5.74) is 5.15. The third-order valence-electron chi connectivity index (χ3n) is 6.88. The van der Waals surface area contributed by atoms with Crippen molar-refractivity contribution in [3.63, 3.8) is 0 Å². The van der Waals surface area contributed by atoms with Crippen LogP contribution in [0.15, 0.2) is 60.2 Å². The highest BCUT2D eigenvalue weighted by Gasteiger charge is 2.08. The van der Waals surface area contributed by atoms with Crippen molar-refractivity contribution in [3.8, 4) is 5.75 Å². The standard InChI is InChI=1S/C33H46N2O2S/c1-3-4-5-6-7-8-9-10-11-12-13-14-23-37-32-21-17-29(18-22-32)24-33(36)34-31-19-15-30(16-20-31)26-35-25-28(2)38-27-35/h15-22,25,27H,3-14,23-24,26H2,1-2H3/p+1. The summed E-state index contributed by atoms with van der Waals surface area (Å²) < 4.78 is 8.09. The van der Waals surface area contributed by atoms with Gasteiger partial charge in [-0.2, -0.15) is 4.57 Å². The van der Waals surface area contributed by atoms with E-state index in [0.717, 1.165) is 36.6 Å². The number of thiazole rings is 1. The van der Waals surface area contributed by atoms with Crippen LogP contribution in [0.25, 0.3) is 0 Å². The van der Waals surface area contributed by atoms with Crippen molar-refractivity contribution in [1.82, 2.24) is 0 Å². The minimum absolute atomic E-state index is 0.00857. The maximum atomic E-state index is 12.5. The van der Waals surface area contributed by atoms with Gasteiger partial charge in [-0.15, -0.1) is 0 Å². The number of benzene rings is 2. The fraction of sp³-hybridized carbons (Fsp3) is 0.515. The van der Waals surface area contributed by atoms with Crippen molar-refractivity contribution in [2.75, 3.05) is 11.9 Å². The monoisotopic (exact) mass is 535 g/mol. The Balaban J connectivity index is 1.23. The highest BCUT2D eigenvalue weighted by Crippen LogP contribution is 2.16. The van der Waals surface area contributed by atoms with Crippen molar-refractivity contribution in [2.24, 2.45) is 0 Å². The molecule has 0 saturated carbocycles. The van der Waals surface area contributed by atoms with E-state index < -0.39 is 0 Å². The van der Waals surface area contributed by atoms with Crippen LogP contribution in [-0.4, -0.2) is 12.5 Å². The summed E-state index contributed by atoms with van der Waals surface area (Å²) in [6, 6.07) is 16.0. The Morgan fingerprint density at radius 1 is 0.789 bits per heavy atom. The lowest BCUT2D eigenvalue weighted by Crippen LogP contribution is -2.30. The molecule has 0 radical (unpaired) electrons. The maximum Gasteiger partial charge on any atom is 0.228 e. The van der Waals surface area contributed by atoms with Crippen LogP contribution in [0.1, 0.15) is 100.0 Å². The SMILES string of the molecule is CCCCCCCCCCCCCCOc1ccc(CC(=O)Nc2ccc(C[n+]3csc(C)c3)cc2)cc1. The molecule has 1 heterocycles. The highest BCUT2D eigenvalue weighted by molar-refractivity contribution is 7.09. The number of aryl methyl sites for hydroxylation is 1. The lowest BCUT2D eigenvalue weighted by Gasteiger charge is -2.08. The zero-order chi connectivity index (χ0) is 26.8. The van der Waals surface area contributed by atoms with E-state index in [1.807, 2.05) is 36.4 Å². The van der Waals surface area contributed by atoms with Crippen molar-refractivity contribution in [2.45, 2.75) is 104 Å². The highest BCUT2D eigenvalue weighted by atomic mass is 32.1. The van der Waals surface area contributed by atoms with E-state index in [-0.39, 0.29) is 5.91 Å². The molecule has 1 N–H and O–H groups in total. The van der Waals surface area contributed by atoms with E-state index in [0.29, 0.717) is 6.42 Å². The molecule has 0 atom stereocenters. The predicted molar refractivity (Wildman–Crippen MR) is 160 cm³/mol. The molecule has 0 aliphatic rings. The fourth-order valence-electron chi connectivity index (χ4n) is 4.66. The largest absolute Gasteiger partial charge is 0.494 e. The van der Waals surface area contributed by atoms with Crippen LogP contribution in [0.3, 0.4) is 0 Å².